The van der Waals surface area contributed by atoms with Crippen LogP contribution in [-0.4, -0.2) is 20.6 Å². The van der Waals surface area contributed by atoms with Gasteiger partial charge in [0.25, 0.3) is 0 Å². The van der Waals surface area contributed by atoms with E-state index >= 15 is 0 Å². The second-order valence-corrected chi connectivity index (χ2v) is 5.60. The van der Waals surface area contributed by atoms with Gasteiger partial charge < -0.3 is 9.67 Å². The van der Waals surface area contributed by atoms with Crippen molar-refractivity contribution in [1.82, 2.24) is 9.55 Å². The Labute approximate surface area is 123 Å². The Hall–Kier alpha value is -1.81. The van der Waals surface area contributed by atoms with E-state index in [2.05, 4.69) is 18.8 Å². The second kappa shape index (κ2) is 6.09. The van der Waals surface area contributed by atoms with Gasteiger partial charge in [-0.3, -0.25) is 4.79 Å². The van der Waals surface area contributed by atoms with Crippen molar-refractivity contribution in [2.45, 2.75) is 26.8 Å². The minimum atomic E-state index is -0.881. The number of hydrogen-bond donors (Lipinski definition) is 1. The molecular weight excluding hydrogens is 276 g/mol. The van der Waals surface area contributed by atoms with Gasteiger partial charge in [0.2, 0.25) is 0 Å². The Balaban J connectivity index is 2.47. The van der Waals surface area contributed by atoms with Crippen LogP contribution in [0.25, 0.3) is 11.3 Å². The Kier molecular flexibility index (Phi) is 4.45. The smallest absolute Gasteiger partial charge is 0.323 e. The number of nitrogens with zero attached hydrogens (tertiary/aromatic N) is 2. The SMILES string of the molecule is CC(C)Cc1ncn(CC(=O)O)c1-c1ccc(Cl)cc1. The molecule has 2 aromatic rings. The maximum atomic E-state index is 11.0. The molecule has 0 aliphatic carbocycles. The number of aromatic nitrogens is 2. The highest BCUT2D eigenvalue weighted by Crippen LogP contribution is 2.26. The fourth-order valence-electron chi connectivity index (χ4n) is 2.17. The fourth-order valence-corrected chi connectivity index (χ4v) is 2.29. The van der Waals surface area contributed by atoms with Crippen LogP contribution in [0.15, 0.2) is 30.6 Å². The van der Waals surface area contributed by atoms with E-state index in [1.54, 1.807) is 23.0 Å². The summed E-state index contributed by atoms with van der Waals surface area (Å²) in [5.74, 6) is -0.428. The summed E-state index contributed by atoms with van der Waals surface area (Å²) in [6.07, 6.45) is 2.40. The van der Waals surface area contributed by atoms with E-state index in [0.717, 1.165) is 23.4 Å². The molecule has 0 saturated carbocycles. The maximum Gasteiger partial charge on any atom is 0.323 e. The molecule has 5 heteroatoms. The van der Waals surface area contributed by atoms with Gasteiger partial charge in [-0.05, 0) is 24.5 Å². The van der Waals surface area contributed by atoms with E-state index in [-0.39, 0.29) is 6.54 Å². The van der Waals surface area contributed by atoms with Crippen LogP contribution >= 0.6 is 11.6 Å². The topological polar surface area (TPSA) is 55.1 Å². The number of benzene rings is 1. The van der Waals surface area contributed by atoms with Crippen molar-refractivity contribution in [3.8, 4) is 11.3 Å². The zero-order valence-electron chi connectivity index (χ0n) is 11.5. The van der Waals surface area contributed by atoms with Gasteiger partial charge >= 0.3 is 5.97 Å². The summed E-state index contributed by atoms with van der Waals surface area (Å²) >= 11 is 5.90. The summed E-state index contributed by atoms with van der Waals surface area (Å²) in [4.78, 5) is 15.3. The molecule has 1 aromatic carbocycles. The normalized spacial score (nSPS) is 11.0. The minimum absolute atomic E-state index is 0.0942. The molecule has 4 nitrogen and oxygen atoms in total. The van der Waals surface area contributed by atoms with Crippen molar-refractivity contribution < 1.29 is 9.90 Å². The molecule has 0 aliphatic rings. The molecule has 0 atom stereocenters. The number of carboxylic acids is 1. The first-order valence-electron chi connectivity index (χ1n) is 6.49. The van der Waals surface area contributed by atoms with Crippen LogP contribution in [0.1, 0.15) is 19.5 Å². The quantitative estimate of drug-likeness (QED) is 0.918. The lowest BCUT2D eigenvalue weighted by molar-refractivity contribution is -0.137. The molecule has 106 valence electrons. The van der Waals surface area contributed by atoms with Crippen molar-refractivity contribution in [2.75, 3.05) is 0 Å². The van der Waals surface area contributed by atoms with E-state index in [9.17, 15) is 4.79 Å². The zero-order valence-corrected chi connectivity index (χ0v) is 12.3. The number of imidazole rings is 1. The highest BCUT2D eigenvalue weighted by molar-refractivity contribution is 6.30. The number of rotatable bonds is 5. The van der Waals surface area contributed by atoms with Crippen LogP contribution in [0.4, 0.5) is 0 Å². The average Bonchev–Trinajstić information content (AvgIpc) is 2.71. The van der Waals surface area contributed by atoms with E-state index in [4.69, 9.17) is 16.7 Å². The summed E-state index contributed by atoms with van der Waals surface area (Å²) in [5.41, 5.74) is 2.71. The number of carboxylic acid groups (broad SMARTS) is 1. The third-order valence-corrected chi connectivity index (χ3v) is 3.19. The summed E-state index contributed by atoms with van der Waals surface area (Å²) < 4.78 is 1.67. The molecule has 0 spiro atoms. The third kappa shape index (κ3) is 3.39. The van der Waals surface area contributed by atoms with Gasteiger partial charge in [-0.25, -0.2) is 4.98 Å². The first kappa shape index (κ1) is 14.6. The molecule has 1 heterocycles. The Morgan fingerprint density at radius 2 is 2.00 bits per heavy atom. The van der Waals surface area contributed by atoms with E-state index < -0.39 is 5.97 Å². The Morgan fingerprint density at radius 3 is 2.55 bits per heavy atom. The molecule has 0 fully saturated rings. The number of halogens is 1. The Bertz CT molecular complexity index is 603. The molecule has 0 saturated heterocycles. The molecule has 1 N–H and O–H groups in total. The molecule has 1 aromatic heterocycles. The molecule has 0 bridgehead atoms. The molecule has 0 radical (unpaired) electrons. The fraction of sp³-hybridized carbons (Fsp3) is 0.333. The maximum absolute atomic E-state index is 11.0. The molecule has 0 unspecified atom stereocenters. The zero-order chi connectivity index (χ0) is 14.7. The number of aliphatic carboxylic acids is 1. The molecule has 0 aliphatic heterocycles. The first-order valence-corrected chi connectivity index (χ1v) is 6.87. The van der Waals surface area contributed by atoms with Crippen molar-refractivity contribution >= 4 is 17.6 Å². The van der Waals surface area contributed by atoms with Crippen molar-refractivity contribution in [3.63, 3.8) is 0 Å². The van der Waals surface area contributed by atoms with Gasteiger partial charge in [0, 0.05) is 10.6 Å². The van der Waals surface area contributed by atoms with Gasteiger partial charge in [0.15, 0.2) is 0 Å². The lowest BCUT2D eigenvalue weighted by atomic mass is 10.0. The third-order valence-electron chi connectivity index (χ3n) is 2.94. The summed E-state index contributed by atoms with van der Waals surface area (Å²) in [6, 6.07) is 7.38. The van der Waals surface area contributed by atoms with Gasteiger partial charge in [-0.2, -0.15) is 0 Å². The molecule has 0 amide bonds. The number of carbonyl (C=O) groups is 1. The van der Waals surface area contributed by atoms with E-state index in [1.165, 1.54) is 0 Å². The van der Waals surface area contributed by atoms with Crippen molar-refractivity contribution in [1.29, 1.82) is 0 Å². The lowest BCUT2D eigenvalue weighted by Crippen LogP contribution is -2.09. The summed E-state index contributed by atoms with van der Waals surface area (Å²) in [6.45, 7) is 4.13. The molecule has 2 rings (SSSR count). The van der Waals surface area contributed by atoms with Crippen LogP contribution in [-0.2, 0) is 17.8 Å². The van der Waals surface area contributed by atoms with Crippen LogP contribution in [0.3, 0.4) is 0 Å². The van der Waals surface area contributed by atoms with E-state index in [1.807, 2.05) is 12.1 Å². The van der Waals surface area contributed by atoms with Gasteiger partial charge in [-0.15, -0.1) is 0 Å². The highest BCUT2D eigenvalue weighted by Gasteiger charge is 2.15. The van der Waals surface area contributed by atoms with E-state index in [0.29, 0.717) is 10.9 Å². The van der Waals surface area contributed by atoms with Gasteiger partial charge in [0.1, 0.15) is 6.54 Å². The number of hydrogen-bond acceptors (Lipinski definition) is 2. The first-order chi connectivity index (χ1) is 9.47. The highest BCUT2D eigenvalue weighted by atomic mass is 35.5. The summed E-state index contributed by atoms with van der Waals surface area (Å²) in [5, 5.41) is 9.66. The standard InChI is InChI=1S/C15H17ClN2O2/c1-10(2)7-13-15(11-3-5-12(16)6-4-11)18(9-17-13)8-14(19)20/h3-6,9-10H,7-8H2,1-2H3,(H,19,20). The van der Waals surface area contributed by atoms with Crippen molar-refractivity contribution in [3.05, 3.63) is 41.3 Å². The van der Waals surface area contributed by atoms with Crippen LogP contribution in [0, 0.1) is 5.92 Å². The predicted molar refractivity (Wildman–Crippen MR) is 78.9 cm³/mol. The minimum Gasteiger partial charge on any atom is -0.480 e. The van der Waals surface area contributed by atoms with Crippen LogP contribution in [0.2, 0.25) is 5.02 Å². The lowest BCUT2D eigenvalue weighted by Gasteiger charge is -2.10. The monoisotopic (exact) mass is 292 g/mol. The van der Waals surface area contributed by atoms with Crippen molar-refractivity contribution in [2.24, 2.45) is 5.92 Å². The Morgan fingerprint density at radius 1 is 1.35 bits per heavy atom. The van der Waals surface area contributed by atoms with Gasteiger partial charge in [-0.1, -0.05) is 37.6 Å². The van der Waals surface area contributed by atoms with Gasteiger partial charge in [0.05, 0.1) is 17.7 Å². The molecular formula is C15H17ClN2O2. The van der Waals surface area contributed by atoms with Crippen LogP contribution < -0.4 is 0 Å². The second-order valence-electron chi connectivity index (χ2n) is 5.17. The largest absolute Gasteiger partial charge is 0.480 e. The average molecular weight is 293 g/mol. The predicted octanol–water partition coefficient (Wildman–Crippen LogP) is 3.49. The van der Waals surface area contributed by atoms with Crippen LogP contribution in [0.5, 0.6) is 0 Å². The molecule has 20 heavy (non-hydrogen) atoms. The summed E-state index contributed by atoms with van der Waals surface area (Å²) in [7, 11) is 0.